The third-order valence-corrected chi connectivity index (χ3v) is 2.88. The number of benzene rings is 1. The lowest BCUT2D eigenvalue weighted by Gasteiger charge is -2.24. The number of nitrogens with zero attached hydrogens (tertiary/aromatic N) is 2. The van der Waals surface area contributed by atoms with Crippen LogP contribution in [0.4, 0.5) is 15.1 Å². The first-order valence-corrected chi connectivity index (χ1v) is 7.01. The predicted octanol–water partition coefficient (Wildman–Crippen LogP) is 2.95. The molecule has 0 saturated carbocycles. The first-order valence-electron chi connectivity index (χ1n) is 7.01. The number of aromatic nitrogens is 2. The Balaban J connectivity index is 2.43. The van der Waals surface area contributed by atoms with Crippen molar-refractivity contribution in [1.82, 2.24) is 9.97 Å². The van der Waals surface area contributed by atoms with Gasteiger partial charge in [0.05, 0.1) is 0 Å². The van der Waals surface area contributed by atoms with Crippen molar-refractivity contribution in [1.29, 1.82) is 0 Å². The molecule has 0 bridgehead atoms. The summed E-state index contributed by atoms with van der Waals surface area (Å²) in [7, 11) is 1.39. The van der Waals surface area contributed by atoms with E-state index in [-0.39, 0.29) is 11.6 Å². The van der Waals surface area contributed by atoms with Crippen LogP contribution in [0.25, 0.3) is 11.3 Å². The van der Waals surface area contributed by atoms with Gasteiger partial charge in [-0.2, -0.15) is 4.39 Å². The Hall–Kier alpha value is -2.70. The summed E-state index contributed by atoms with van der Waals surface area (Å²) in [5, 5.41) is 0. The monoisotopic (exact) mass is 319 g/mol. The molecule has 0 unspecified atom stereocenters. The standard InChI is InChI=1S/C16H18FN3O3/c1-16(2,3)23-15(22)20(4)14-18-12(11(17)13(21)19-14)10-8-6-5-7-9-10/h5-9H,1-4H3,(H,18,19,21). The fourth-order valence-corrected chi connectivity index (χ4v) is 1.81. The zero-order chi connectivity index (χ0) is 17.2. The molecule has 2 rings (SSSR count). The highest BCUT2D eigenvalue weighted by Gasteiger charge is 2.23. The lowest BCUT2D eigenvalue weighted by atomic mass is 10.1. The molecule has 1 N–H and O–H groups in total. The van der Waals surface area contributed by atoms with Gasteiger partial charge in [-0.25, -0.2) is 9.78 Å². The molecule has 122 valence electrons. The van der Waals surface area contributed by atoms with Gasteiger partial charge in [-0.1, -0.05) is 30.3 Å². The Morgan fingerprint density at radius 2 is 1.87 bits per heavy atom. The van der Waals surface area contributed by atoms with Crippen molar-refractivity contribution < 1.29 is 13.9 Å². The minimum atomic E-state index is -1.00. The summed E-state index contributed by atoms with van der Waals surface area (Å²) in [6, 6.07) is 8.43. The summed E-state index contributed by atoms with van der Waals surface area (Å²) < 4.78 is 19.3. The van der Waals surface area contributed by atoms with E-state index in [0.29, 0.717) is 5.56 Å². The minimum absolute atomic E-state index is 0.0931. The first-order chi connectivity index (χ1) is 10.7. The van der Waals surface area contributed by atoms with Crippen LogP contribution in [-0.4, -0.2) is 28.7 Å². The highest BCUT2D eigenvalue weighted by molar-refractivity contribution is 5.85. The Labute approximate surface area is 132 Å². The van der Waals surface area contributed by atoms with E-state index in [4.69, 9.17) is 4.74 Å². The maximum absolute atomic E-state index is 14.1. The Kier molecular flexibility index (Phi) is 4.49. The molecule has 2 aromatic rings. The second-order valence-electron chi connectivity index (χ2n) is 5.96. The van der Waals surface area contributed by atoms with E-state index < -0.39 is 23.1 Å². The van der Waals surface area contributed by atoms with Crippen molar-refractivity contribution in [2.24, 2.45) is 0 Å². The Bertz CT molecular complexity index is 766. The van der Waals surface area contributed by atoms with E-state index in [1.165, 1.54) is 7.05 Å². The molecule has 0 aliphatic rings. The molecule has 1 aromatic heterocycles. The number of amides is 1. The fraction of sp³-hybridized carbons (Fsp3) is 0.312. The number of ether oxygens (including phenoxy) is 1. The summed E-state index contributed by atoms with van der Waals surface area (Å²) in [5.41, 5.74) is -1.34. The molecular formula is C16H18FN3O3. The highest BCUT2D eigenvalue weighted by Crippen LogP contribution is 2.20. The smallest absolute Gasteiger partial charge is 0.416 e. The van der Waals surface area contributed by atoms with Crippen LogP contribution in [0.3, 0.4) is 0 Å². The lowest BCUT2D eigenvalue weighted by Crippen LogP contribution is -2.36. The maximum Gasteiger partial charge on any atom is 0.416 e. The second-order valence-corrected chi connectivity index (χ2v) is 5.96. The zero-order valence-corrected chi connectivity index (χ0v) is 13.4. The van der Waals surface area contributed by atoms with Gasteiger partial charge in [-0.3, -0.25) is 14.7 Å². The average Bonchev–Trinajstić information content (AvgIpc) is 2.48. The normalized spacial score (nSPS) is 11.2. The van der Waals surface area contributed by atoms with Crippen molar-refractivity contribution in [2.45, 2.75) is 26.4 Å². The number of H-pyrrole nitrogens is 1. The van der Waals surface area contributed by atoms with Crippen LogP contribution in [0.15, 0.2) is 35.1 Å². The average molecular weight is 319 g/mol. The third-order valence-electron chi connectivity index (χ3n) is 2.88. The van der Waals surface area contributed by atoms with Gasteiger partial charge in [0.15, 0.2) is 0 Å². The van der Waals surface area contributed by atoms with Gasteiger partial charge in [-0.15, -0.1) is 0 Å². The third kappa shape index (κ3) is 3.94. The van der Waals surface area contributed by atoms with Crippen LogP contribution >= 0.6 is 0 Å². The molecular weight excluding hydrogens is 301 g/mol. The topological polar surface area (TPSA) is 75.3 Å². The Morgan fingerprint density at radius 3 is 2.43 bits per heavy atom. The summed E-state index contributed by atoms with van der Waals surface area (Å²) in [6.45, 7) is 5.15. The highest BCUT2D eigenvalue weighted by atomic mass is 19.1. The van der Waals surface area contributed by atoms with Gasteiger partial charge < -0.3 is 4.74 Å². The molecule has 7 heteroatoms. The summed E-state index contributed by atoms with van der Waals surface area (Å²) >= 11 is 0. The van der Waals surface area contributed by atoms with Gasteiger partial charge >= 0.3 is 6.09 Å². The number of rotatable bonds is 2. The van der Waals surface area contributed by atoms with Crippen molar-refractivity contribution in [3.63, 3.8) is 0 Å². The molecule has 1 amide bonds. The molecule has 6 nitrogen and oxygen atoms in total. The van der Waals surface area contributed by atoms with E-state index in [1.807, 2.05) is 0 Å². The number of hydrogen-bond donors (Lipinski definition) is 1. The molecule has 1 aromatic carbocycles. The van der Waals surface area contributed by atoms with E-state index in [9.17, 15) is 14.0 Å². The quantitative estimate of drug-likeness (QED) is 0.923. The summed E-state index contributed by atoms with van der Waals surface area (Å²) in [4.78, 5) is 31.2. The summed E-state index contributed by atoms with van der Waals surface area (Å²) in [5.74, 6) is -1.10. The van der Waals surface area contributed by atoms with Crippen molar-refractivity contribution in [2.75, 3.05) is 11.9 Å². The van der Waals surface area contributed by atoms with Crippen molar-refractivity contribution >= 4 is 12.0 Å². The van der Waals surface area contributed by atoms with Gasteiger partial charge in [0.25, 0.3) is 5.56 Å². The van der Waals surface area contributed by atoms with Crippen LogP contribution in [0.2, 0.25) is 0 Å². The van der Waals surface area contributed by atoms with Crippen LogP contribution in [0.5, 0.6) is 0 Å². The summed E-state index contributed by atoms with van der Waals surface area (Å²) in [6.07, 6.45) is -0.703. The molecule has 0 atom stereocenters. The van der Waals surface area contributed by atoms with Crippen LogP contribution in [-0.2, 0) is 4.74 Å². The molecule has 0 saturated heterocycles. The molecule has 0 spiro atoms. The van der Waals surface area contributed by atoms with E-state index >= 15 is 0 Å². The number of carbonyl (C=O) groups excluding carboxylic acids is 1. The van der Waals surface area contributed by atoms with Gasteiger partial charge in [0, 0.05) is 12.6 Å². The van der Waals surface area contributed by atoms with Crippen molar-refractivity contribution in [3.05, 3.63) is 46.5 Å². The maximum atomic E-state index is 14.1. The van der Waals surface area contributed by atoms with Gasteiger partial charge in [-0.05, 0) is 20.8 Å². The molecule has 0 aliphatic carbocycles. The zero-order valence-electron chi connectivity index (χ0n) is 13.4. The molecule has 0 aliphatic heterocycles. The van der Waals surface area contributed by atoms with Crippen LogP contribution in [0, 0.1) is 5.82 Å². The lowest BCUT2D eigenvalue weighted by molar-refractivity contribution is 0.0587. The second kappa shape index (κ2) is 6.20. The number of aromatic amines is 1. The van der Waals surface area contributed by atoms with Gasteiger partial charge in [0.2, 0.25) is 11.8 Å². The largest absolute Gasteiger partial charge is 0.443 e. The fourth-order valence-electron chi connectivity index (χ4n) is 1.81. The number of nitrogens with one attached hydrogen (secondary N) is 1. The Morgan fingerprint density at radius 1 is 1.26 bits per heavy atom. The van der Waals surface area contributed by atoms with E-state index in [2.05, 4.69) is 9.97 Å². The van der Waals surface area contributed by atoms with E-state index in [1.54, 1.807) is 51.1 Å². The number of halogens is 1. The van der Waals surface area contributed by atoms with Gasteiger partial charge in [0.1, 0.15) is 11.3 Å². The molecule has 0 radical (unpaired) electrons. The minimum Gasteiger partial charge on any atom is -0.443 e. The predicted molar refractivity (Wildman–Crippen MR) is 84.9 cm³/mol. The van der Waals surface area contributed by atoms with Crippen LogP contribution in [0.1, 0.15) is 20.8 Å². The number of anilines is 1. The van der Waals surface area contributed by atoms with Crippen molar-refractivity contribution in [3.8, 4) is 11.3 Å². The molecule has 0 fully saturated rings. The molecule has 1 heterocycles. The number of hydrogen-bond acceptors (Lipinski definition) is 4. The molecule has 23 heavy (non-hydrogen) atoms. The SMILES string of the molecule is CN(C(=O)OC(C)(C)C)c1nc(-c2ccccc2)c(F)c(=O)[nH]1. The van der Waals surface area contributed by atoms with E-state index in [0.717, 1.165) is 4.90 Å². The first kappa shape index (κ1) is 16.7. The number of carbonyl (C=O) groups is 1. The van der Waals surface area contributed by atoms with Crippen LogP contribution < -0.4 is 10.5 Å².